The minimum atomic E-state index is 0.536. The SMILES string of the molecule is CNc1cccc(-c2nccc(C3CCN(C)C3)n2)c1. The summed E-state index contributed by atoms with van der Waals surface area (Å²) in [6.07, 6.45) is 3.06. The molecule has 2 heterocycles. The van der Waals surface area contributed by atoms with E-state index in [-0.39, 0.29) is 0 Å². The minimum absolute atomic E-state index is 0.536. The normalized spacial score (nSPS) is 19.2. The lowest BCUT2D eigenvalue weighted by molar-refractivity contribution is 0.410. The van der Waals surface area contributed by atoms with E-state index in [0.29, 0.717) is 5.92 Å². The second-order valence-electron chi connectivity index (χ2n) is 5.38. The van der Waals surface area contributed by atoms with Crippen LogP contribution in [-0.2, 0) is 0 Å². The third-order valence-corrected chi connectivity index (χ3v) is 3.90. The maximum atomic E-state index is 4.77. The highest BCUT2D eigenvalue weighted by atomic mass is 15.1. The Labute approximate surface area is 119 Å². The minimum Gasteiger partial charge on any atom is -0.388 e. The Morgan fingerprint density at radius 1 is 1.30 bits per heavy atom. The van der Waals surface area contributed by atoms with Crippen molar-refractivity contribution in [3.05, 3.63) is 42.2 Å². The summed E-state index contributed by atoms with van der Waals surface area (Å²) in [4.78, 5) is 11.5. The fraction of sp³-hybridized carbons (Fsp3) is 0.375. The van der Waals surface area contributed by atoms with Gasteiger partial charge in [0.15, 0.2) is 5.82 Å². The largest absolute Gasteiger partial charge is 0.388 e. The second-order valence-corrected chi connectivity index (χ2v) is 5.38. The first-order valence-corrected chi connectivity index (χ1v) is 7.06. The molecule has 0 spiro atoms. The predicted octanol–water partition coefficient (Wildman–Crippen LogP) is 2.60. The Balaban J connectivity index is 1.90. The molecule has 1 aromatic carbocycles. The molecule has 2 aromatic rings. The maximum Gasteiger partial charge on any atom is 0.159 e. The predicted molar refractivity (Wildman–Crippen MR) is 81.9 cm³/mol. The molecule has 0 aliphatic carbocycles. The van der Waals surface area contributed by atoms with E-state index in [9.17, 15) is 0 Å². The van der Waals surface area contributed by atoms with Crippen LogP contribution in [0.5, 0.6) is 0 Å². The lowest BCUT2D eigenvalue weighted by Crippen LogP contribution is -2.14. The van der Waals surface area contributed by atoms with Crippen molar-refractivity contribution in [3.8, 4) is 11.4 Å². The number of hydrogen-bond acceptors (Lipinski definition) is 4. The van der Waals surface area contributed by atoms with Gasteiger partial charge in [-0.2, -0.15) is 0 Å². The Bertz CT molecular complexity index is 597. The lowest BCUT2D eigenvalue weighted by atomic mass is 10.0. The van der Waals surface area contributed by atoms with E-state index in [2.05, 4.69) is 40.4 Å². The maximum absolute atomic E-state index is 4.77. The summed E-state index contributed by atoms with van der Waals surface area (Å²) in [5.41, 5.74) is 3.30. The van der Waals surface area contributed by atoms with E-state index in [0.717, 1.165) is 35.9 Å². The molecule has 1 unspecified atom stereocenters. The summed E-state index contributed by atoms with van der Waals surface area (Å²) in [7, 11) is 4.09. The molecule has 1 aliphatic rings. The topological polar surface area (TPSA) is 41.1 Å². The summed E-state index contributed by atoms with van der Waals surface area (Å²) in [6.45, 7) is 2.24. The molecule has 104 valence electrons. The van der Waals surface area contributed by atoms with Gasteiger partial charge in [0, 0.05) is 42.7 Å². The van der Waals surface area contributed by atoms with Gasteiger partial charge in [0.1, 0.15) is 0 Å². The molecule has 0 radical (unpaired) electrons. The van der Waals surface area contributed by atoms with Crippen LogP contribution in [0.15, 0.2) is 36.5 Å². The fourth-order valence-electron chi connectivity index (χ4n) is 2.73. The first-order chi connectivity index (χ1) is 9.76. The molecule has 1 N–H and O–H groups in total. The number of aromatic nitrogens is 2. The Morgan fingerprint density at radius 2 is 2.20 bits per heavy atom. The number of anilines is 1. The van der Waals surface area contributed by atoms with Crippen LogP contribution >= 0.6 is 0 Å². The average molecular weight is 268 g/mol. The van der Waals surface area contributed by atoms with Crippen molar-refractivity contribution >= 4 is 5.69 Å². The first-order valence-electron chi connectivity index (χ1n) is 7.06. The zero-order valence-electron chi connectivity index (χ0n) is 12.0. The van der Waals surface area contributed by atoms with Gasteiger partial charge < -0.3 is 10.2 Å². The fourth-order valence-corrected chi connectivity index (χ4v) is 2.73. The van der Waals surface area contributed by atoms with Gasteiger partial charge in [0.25, 0.3) is 0 Å². The second kappa shape index (κ2) is 5.59. The first kappa shape index (κ1) is 13.1. The molecule has 1 atom stereocenters. The molecule has 4 nitrogen and oxygen atoms in total. The van der Waals surface area contributed by atoms with Crippen LogP contribution in [0.25, 0.3) is 11.4 Å². The van der Waals surface area contributed by atoms with Gasteiger partial charge in [0.05, 0.1) is 0 Å². The Kier molecular flexibility index (Phi) is 3.65. The van der Waals surface area contributed by atoms with Crippen molar-refractivity contribution in [1.82, 2.24) is 14.9 Å². The molecular formula is C16H20N4. The van der Waals surface area contributed by atoms with Crippen LogP contribution in [-0.4, -0.2) is 42.1 Å². The van der Waals surface area contributed by atoms with E-state index in [1.165, 1.54) is 6.42 Å². The molecule has 3 rings (SSSR count). The molecule has 1 saturated heterocycles. The zero-order valence-corrected chi connectivity index (χ0v) is 12.0. The van der Waals surface area contributed by atoms with Gasteiger partial charge in [0.2, 0.25) is 0 Å². The summed E-state index contributed by atoms with van der Waals surface area (Å²) in [5, 5.41) is 3.15. The highest BCUT2D eigenvalue weighted by molar-refractivity contribution is 5.62. The molecule has 0 amide bonds. The zero-order chi connectivity index (χ0) is 13.9. The summed E-state index contributed by atoms with van der Waals surface area (Å²) >= 11 is 0. The summed E-state index contributed by atoms with van der Waals surface area (Å²) < 4.78 is 0. The highest BCUT2D eigenvalue weighted by Crippen LogP contribution is 2.26. The average Bonchev–Trinajstić information content (AvgIpc) is 2.94. The molecule has 20 heavy (non-hydrogen) atoms. The van der Waals surface area contributed by atoms with Crippen LogP contribution in [0.1, 0.15) is 18.0 Å². The van der Waals surface area contributed by atoms with Gasteiger partial charge in [-0.15, -0.1) is 0 Å². The summed E-state index contributed by atoms with van der Waals surface area (Å²) in [6, 6.07) is 10.3. The van der Waals surface area contributed by atoms with E-state index in [4.69, 9.17) is 4.98 Å². The molecule has 1 aromatic heterocycles. The number of nitrogens with one attached hydrogen (secondary N) is 1. The molecule has 1 fully saturated rings. The van der Waals surface area contributed by atoms with Gasteiger partial charge in [-0.25, -0.2) is 9.97 Å². The molecule has 4 heteroatoms. The van der Waals surface area contributed by atoms with E-state index in [1.807, 2.05) is 25.4 Å². The van der Waals surface area contributed by atoms with Crippen LogP contribution in [0.2, 0.25) is 0 Å². The number of likely N-dealkylation sites (tertiary alicyclic amines) is 1. The van der Waals surface area contributed by atoms with Gasteiger partial charge >= 0.3 is 0 Å². The number of benzene rings is 1. The highest BCUT2D eigenvalue weighted by Gasteiger charge is 2.22. The van der Waals surface area contributed by atoms with Crippen molar-refractivity contribution in [3.63, 3.8) is 0 Å². The standard InChI is InChI=1S/C16H20N4/c1-17-14-5-3-4-12(10-14)16-18-8-6-15(19-16)13-7-9-20(2)11-13/h3-6,8,10,13,17H,7,9,11H2,1-2H3. The molecule has 0 bridgehead atoms. The van der Waals surface area contributed by atoms with Crippen molar-refractivity contribution < 1.29 is 0 Å². The molecule has 0 saturated carbocycles. The molecule has 1 aliphatic heterocycles. The van der Waals surface area contributed by atoms with Gasteiger partial charge in [-0.1, -0.05) is 12.1 Å². The van der Waals surface area contributed by atoms with Crippen LogP contribution in [0, 0.1) is 0 Å². The molecular weight excluding hydrogens is 248 g/mol. The van der Waals surface area contributed by atoms with Gasteiger partial charge in [-0.05, 0) is 38.2 Å². The van der Waals surface area contributed by atoms with Gasteiger partial charge in [-0.3, -0.25) is 0 Å². The smallest absolute Gasteiger partial charge is 0.159 e. The monoisotopic (exact) mass is 268 g/mol. The van der Waals surface area contributed by atoms with Crippen LogP contribution < -0.4 is 5.32 Å². The number of likely N-dealkylation sites (N-methyl/N-ethyl adjacent to an activating group) is 1. The van der Waals surface area contributed by atoms with Crippen molar-refractivity contribution in [2.24, 2.45) is 0 Å². The number of nitrogens with zero attached hydrogens (tertiary/aromatic N) is 3. The van der Waals surface area contributed by atoms with Crippen molar-refractivity contribution in [2.75, 3.05) is 32.5 Å². The van der Waals surface area contributed by atoms with Crippen molar-refractivity contribution in [2.45, 2.75) is 12.3 Å². The summed E-state index contributed by atoms with van der Waals surface area (Å²) in [5.74, 6) is 1.35. The van der Waals surface area contributed by atoms with E-state index >= 15 is 0 Å². The third kappa shape index (κ3) is 2.65. The van der Waals surface area contributed by atoms with E-state index in [1.54, 1.807) is 0 Å². The quantitative estimate of drug-likeness (QED) is 0.929. The Hall–Kier alpha value is -1.94. The number of rotatable bonds is 3. The van der Waals surface area contributed by atoms with Crippen LogP contribution in [0.3, 0.4) is 0 Å². The van der Waals surface area contributed by atoms with E-state index < -0.39 is 0 Å². The lowest BCUT2D eigenvalue weighted by Gasteiger charge is -2.11. The van der Waals surface area contributed by atoms with Crippen LogP contribution in [0.4, 0.5) is 5.69 Å². The van der Waals surface area contributed by atoms with Crippen molar-refractivity contribution in [1.29, 1.82) is 0 Å². The third-order valence-electron chi connectivity index (χ3n) is 3.90. The Morgan fingerprint density at radius 3 is 2.95 bits per heavy atom. The number of hydrogen-bond donors (Lipinski definition) is 1.